The Morgan fingerprint density at radius 1 is 0.692 bits per heavy atom. The molecule has 0 spiro atoms. The van der Waals surface area contributed by atoms with Crippen molar-refractivity contribution >= 4 is 25.1 Å². The minimum atomic E-state index is -1.21. The standard InChI is InChI=1S/C8H4O5/c9-1-5-6(2-10)8(4-12)13-7(5)3-11/h5-8H. The quantitative estimate of drug-likeness (QED) is 0.522. The van der Waals surface area contributed by atoms with Crippen LogP contribution in [-0.2, 0) is 23.9 Å². The molecule has 66 valence electrons. The molecule has 1 aliphatic heterocycles. The van der Waals surface area contributed by atoms with Gasteiger partial charge < -0.3 is 4.74 Å². The summed E-state index contributed by atoms with van der Waals surface area (Å²) in [6.45, 7) is 0. The molecule has 0 aliphatic carbocycles. The molecule has 1 aliphatic rings. The van der Waals surface area contributed by atoms with E-state index in [4.69, 9.17) is 4.74 Å². The van der Waals surface area contributed by atoms with Crippen molar-refractivity contribution in [3.63, 3.8) is 0 Å². The number of rotatable bonds is 4. The van der Waals surface area contributed by atoms with Gasteiger partial charge in [-0.2, -0.15) is 0 Å². The number of hydrogen-bond acceptors (Lipinski definition) is 5. The fraction of sp³-hybridized carbons (Fsp3) is 0.500. The van der Waals surface area contributed by atoms with E-state index in [1.54, 1.807) is 0 Å². The van der Waals surface area contributed by atoms with Gasteiger partial charge in [-0.15, -0.1) is 0 Å². The molecular formula is C8H4O5. The van der Waals surface area contributed by atoms with Gasteiger partial charge in [-0.25, -0.2) is 0 Å². The smallest absolute Gasteiger partial charge is 0.230 e. The fourth-order valence-electron chi connectivity index (χ4n) is 1.18. The molecule has 4 radical (unpaired) electrons. The third kappa shape index (κ3) is 1.55. The summed E-state index contributed by atoms with van der Waals surface area (Å²) in [5.41, 5.74) is 0. The van der Waals surface area contributed by atoms with Crippen LogP contribution in [0.2, 0.25) is 0 Å². The summed E-state index contributed by atoms with van der Waals surface area (Å²) in [6, 6.07) is 0. The van der Waals surface area contributed by atoms with E-state index in [0.29, 0.717) is 0 Å². The molecule has 1 fully saturated rings. The minimum Gasteiger partial charge on any atom is -0.357 e. The first-order valence-electron chi connectivity index (χ1n) is 3.44. The van der Waals surface area contributed by atoms with Crippen LogP contribution in [0.3, 0.4) is 0 Å². The van der Waals surface area contributed by atoms with Crippen LogP contribution in [-0.4, -0.2) is 37.4 Å². The van der Waals surface area contributed by atoms with Crippen LogP contribution in [0.5, 0.6) is 0 Å². The SMILES string of the molecule is O=[C]C1OC([C]=O)C([C]=O)C1[C]=O. The maximum atomic E-state index is 10.3. The molecule has 1 heterocycles. The van der Waals surface area contributed by atoms with E-state index in [1.807, 2.05) is 0 Å². The highest BCUT2D eigenvalue weighted by molar-refractivity contribution is 5.79. The van der Waals surface area contributed by atoms with E-state index in [2.05, 4.69) is 0 Å². The largest absolute Gasteiger partial charge is 0.357 e. The molecule has 4 unspecified atom stereocenters. The van der Waals surface area contributed by atoms with Gasteiger partial charge in [0.1, 0.15) is 12.2 Å². The van der Waals surface area contributed by atoms with Crippen LogP contribution >= 0.6 is 0 Å². The molecule has 0 amide bonds. The van der Waals surface area contributed by atoms with Crippen LogP contribution in [0.1, 0.15) is 0 Å². The van der Waals surface area contributed by atoms with Crippen LogP contribution in [0, 0.1) is 11.8 Å². The van der Waals surface area contributed by atoms with Crippen LogP contribution < -0.4 is 0 Å². The maximum Gasteiger partial charge on any atom is 0.230 e. The first kappa shape index (κ1) is 9.73. The molecule has 4 atom stereocenters. The molecule has 0 N–H and O–H groups in total. The molecule has 0 aromatic heterocycles. The summed E-state index contributed by atoms with van der Waals surface area (Å²) in [5.74, 6) is -2.19. The number of carbonyl (C=O) groups excluding carboxylic acids is 4. The van der Waals surface area contributed by atoms with Gasteiger partial charge in [0.2, 0.25) is 25.1 Å². The fourth-order valence-corrected chi connectivity index (χ4v) is 1.18. The molecule has 5 heteroatoms. The first-order chi connectivity index (χ1) is 6.28. The molecular weight excluding hydrogens is 176 g/mol. The first-order valence-corrected chi connectivity index (χ1v) is 3.44. The average molecular weight is 180 g/mol. The normalized spacial score (nSPS) is 38.2. The third-order valence-corrected chi connectivity index (χ3v) is 1.84. The van der Waals surface area contributed by atoms with Crippen molar-refractivity contribution in [2.45, 2.75) is 12.2 Å². The monoisotopic (exact) mass is 180 g/mol. The van der Waals surface area contributed by atoms with Gasteiger partial charge in [-0.3, -0.25) is 19.2 Å². The van der Waals surface area contributed by atoms with E-state index in [-0.39, 0.29) is 0 Å². The lowest BCUT2D eigenvalue weighted by atomic mass is 9.90. The van der Waals surface area contributed by atoms with E-state index in [9.17, 15) is 19.2 Å². The highest BCUT2D eigenvalue weighted by Gasteiger charge is 2.46. The summed E-state index contributed by atoms with van der Waals surface area (Å²) in [7, 11) is 0. The molecule has 5 nitrogen and oxygen atoms in total. The lowest BCUT2D eigenvalue weighted by molar-refractivity contribution is 0.110. The van der Waals surface area contributed by atoms with Gasteiger partial charge in [-0.1, -0.05) is 0 Å². The second kappa shape index (κ2) is 4.04. The number of hydrogen-bond donors (Lipinski definition) is 0. The second-order valence-electron chi connectivity index (χ2n) is 2.50. The van der Waals surface area contributed by atoms with Crippen LogP contribution in [0.4, 0.5) is 0 Å². The van der Waals surface area contributed by atoms with Crippen LogP contribution in [0.25, 0.3) is 0 Å². The summed E-state index contributed by atoms with van der Waals surface area (Å²) in [4.78, 5) is 41.1. The zero-order chi connectivity index (χ0) is 9.84. The summed E-state index contributed by atoms with van der Waals surface area (Å²) in [6.07, 6.45) is 3.28. The Kier molecular flexibility index (Phi) is 3.02. The van der Waals surface area contributed by atoms with Crippen molar-refractivity contribution in [1.29, 1.82) is 0 Å². The van der Waals surface area contributed by atoms with Gasteiger partial charge in [-0.05, 0) is 0 Å². The van der Waals surface area contributed by atoms with Gasteiger partial charge in [0, 0.05) is 0 Å². The topological polar surface area (TPSA) is 77.5 Å². The molecule has 0 bridgehead atoms. The van der Waals surface area contributed by atoms with Crippen molar-refractivity contribution < 1.29 is 23.9 Å². The zero-order valence-corrected chi connectivity index (χ0v) is 6.35. The Hall–Kier alpha value is -1.36. The minimum absolute atomic E-state index is 1.10. The Morgan fingerprint density at radius 3 is 1.31 bits per heavy atom. The van der Waals surface area contributed by atoms with Gasteiger partial charge >= 0.3 is 0 Å². The van der Waals surface area contributed by atoms with Crippen molar-refractivity contribution in [2.24, 2.45) is 11.8 Å². The van der Waals surface area contributed by atoms with E-state index in [0.717, 1.165) is 0 Å². The average Bonchev–Trinajstić information content (AvgIpc) is 2.54. The molecule has 1 rings (SSSR count). The Bertz CT molecular complexity index is 213. The molecule has 1 saturated heterocycles. The Morgan fingerprint density at radius 2 is 1.08 bits per heavy atom. The summed E-state index contributed by atoms with van der Waals surface area (Å²) in [5, 5.41) is 0. The molecule has 13 heavy (non-hydrogen) atoms. The zero-order valence-electron chi connectivity index (χ0n) is 6.35. The Balaban J connectivity index is 2.88. The predicted molar refractivity (Wildman–Crippen MR) is 38.4 cm³/mol. The van der Waals surface area contributed by atoms with Crippen LogP contribution in [0.15, 0.2) is 0 Å². The summed E-state index contributed by atoms with van der Waals surface area (Å²) >= 11 is 0. The maximum absolute atomic E-state index is 10.3. The van der Waals surface area contributed by atoms with Crippen molar-refractivity contribution in [3.05, 3.63) is 0 Å². The molecule has 0 saturated carbocycles. The summed E-state index contributed by atoms with van der Waals surface area (Å²) < 4.78 is 4.69. The molecule has 0 aromatic carbocycles. The van der Waals surface area contributed by atoms with Gasteiger partial charge in [0.15, 0.2) is 0 Å². The van der Waals surface area contributed by atoms with Crippen molar-refractivity contribution in [2.75, 3.05) is 0 Å². The highest BCUT2D eigenvalue weighted by Crippen LogP contribution is 2.27. The lowest BCUT2D eigenvalue weighted by Crippen LogP contribution is -2.25. The highest BCUT2D eigenvalue weighted by atomic mass is 16.5. The Labute approximate surface area is 74.0 Å². The van der Waals surface area contributed by atoms with E-state index < -0.39 is 24.0 Å². The van der Waals surface area contributed by atoms with E-state index in [1.165, 1.54) is 25.1 Å². The lowest BCUT2D eigenvalue weighted by Gasteiger charge is -2.04. The van der Waals surface area contributed by atoms with Gasteiger partial charge in [0.25, 0.3) is 0 Å². The predicted octanol–water partition coefficient (Wildman–Crippen LogP) is -1.58. The second-order valence-corrected chi connectivity index (χ2v) is 2.50. The van der Waals surface area contributed by atoms with Crippen molar-refractivity contribution in [1.82, 2.24) is 0 Å². The third-order valence-electron chi connectivity index (χ3n) is 1.84. The van der Waals surface area contributed by atoms with E-state index >= 15 is 0 Å². The molecule has 0 aromatic rings. The van der Waals surface area contributed by atoms with Gasteiger partial charge in [0.05, 0.1) is 11.8 Å². The number of ether oxygens (including phenoxy) is 1. The van der Waals surface area contributed by atoms with Crippen molar-refractivity contribution in [3.8, 4) is 0 Å².